The highest BCUT2D eigenvalue weighted by atomic mass is 32.1. The van der Waals surface area contributed by atoms with Gasteiger partial charge in [0.15, 0.2) is 23.4 Å². The lowest BCUT2D eigenvalue weighted by Crippen LogP contribution is -2.33. The standard InChI is InChI=1S/C23H21N3O4S/c1-14-9-18(19(27)11-25-13-24-22-17(23(25)28)7-8-31-22)15(2)26(14)10-16-12-29-20-5-3-4-6-21(20)30-16/h3-9,13,16H,10-12H2,1-2H3. The van der Waals surface area contributed by atoms with Gasteiger partial charge in [-0.15, -0.1) is 11.3 Å². The summed E-state index contributed by atoms with van der Waals surface area (Å²) in [5.74, 6) is 1.36. The molecule has 0 spiro atoms. The number of ether oxygens (including phenoxy) is 2. The van der Waals surface area contributed by atoms with E-state index in [1.165, 1.54) is 22.2 Å². The van der Waals surface area contributed by atoms with E-state index in [2.05, 4.69) is 9.55 Å². The molecule has 1 unspecified atom stereocenters. The molecule has 31 heavy (non-hydrogen) atoms. The van der Waals surface area contributed by atoms with Gasteiger partial charge in [0.1, 0.15) is 11.4 Å². The van der Waals surface area contributed by atoms with Crippen molar-refractivity contribution in [1.82, 2.24) is 14.1 Å². The Morgan fingerprint density at radius 2 is 2.03 bits per heavy atom. The molecule has 7 nitrogen and oxygen atoms in total. The predicted octanol–water partition coefficient (Wildman–Crippen LogP) is 3.60. The Morgan fingerprint density at radius 1 is 1.23 bits per heavy atom. The third kappa shape index (κ3) is 3.53. The number of benzene rings is 1. The van der Waals surface area contributed by atoms with Crippen molar-refractivity contribution in [3.63, 3.8) is 0 Å². The van der Waals surface area contributed by atoms with Gasteiger partial charge < -0.3 is 14.0 Å². The monoisotopic (exact) mass is 435 g/mol. The van der Waals surface area contributed by atoms with Crippen LogP contribution in [0.25, 0.3) is 10.2 Å². The zero-order valence-corrected chi connectivity index (χ0v) is 18.0. The molecule has 158 valence electrons. The normalized spacial score (nSPS) is 15.4. The Morgan fingerprint density at radius 3 is 2.87 bits per heavy atom. The van der Waals surface area contributed by atoms with Crippen molar-refractivity contribution in [2.24, 2.45) is 0 Å². The van der Waals surface area contributed by atoms with E-state index in [9.17, 15) is 9.59 Å². The fourth-order valence-corrected chi connectivity index (χ4v) is 4.69. The molecule has 1 atom stereocenters. The predicted molar refractivity (Wildman–Crippen MR) is 118 cm³/mol. The molecule has 1 aliphatic heterocycles. The van der Waals surface area contributed by atoms with Crippen molar-refractivity contribution in [2.75, 3.05) is 6.61 Å². The summed E-state index contributed by atoms with van der Waals surface area (Å²) < 4.78 is 15.3. The van der Waals surface area contributed by atoms with Crippen molar-refractivity contribution in [3.05, 3.63) is 75.4 Å². The zero-order chi connectivity index (χ0) is 21.5. The number of rotatable bonds is 5. The molecule has 5 rings (SSSR count). The lowest BCUT2D eigenvalue weighted by atomic mass is 10.1. The van der Waals surface area contributed by atoms with Gasteiger partial charge in [-0.25, -0.2) is 4.98 Å². The molecule has 8 heteroatoms. The SMILES string of the molecule is Cc1cc(C(=O)Cn2cnc3sccc3c2=O)c(C)n1CC1COc2ccccc2O1. The Hall–Kier alpha value is -3.39. The molecule has 0 saturated carbocycles. The van der Waals surface area contributed by atoms with E-state index in [1.54, 1.807) is 6.07 Å². The number of Topliss-reactive ketones (excluding diaryl/α,β-unsaturated/α-hetero) is 1. The van der Waals surface area contributed by atoms with Crippen molar-refractivity contribution in [3.8, 4) is 11.5 Å². The molecular formula is C23H21N3O4S. The number of nitrogens with zero attached hydrogens (tertiary/aromatic N) is 3. The summed E-state index contributed by atoms with van der Waals surface area (Å²) in [5, 5.41) is 2.37. The molecule has 0 radical (unpaired) electrons. The van der Waals surface area contributed by atoms with Gasteiger partial charge in [0, 0.05) is 17.0 Å². The summed E-state index contributed by atoms with van der Waals surface area (Å²) >= 11 is 1.41. The molecular weight excluding hydrogens is 414 g/mol. The number of aryl methyl sites for hydroxylation is 1. The van der Waals surface area contributed by atoms with Crippen LogP contribution in [0, 0.1) is 13.8 Å². The number of fused-ring (bicyclic) bond motifs is 2. The Labute approximate surface area is 182 Å². The van der Waals surface area contributed by atoms with Crippen molar-refractivity contribution in [1.29, 1.82) is 0 Å². The van der Waals surface area contributed by atoms with Gasteiger partial charge in [-0.1, -0.05) is 12.1 Å². The van der Waals surface area contributed by atoms with Crippen LogP contribution in [0.15, 0.2) is 52.9 Å². The third-order valence-corrected chi connectivity index (χ3v) is 6.41. The first kappa shape index (κ1) is 19.6. The fraction of sp³-hybridized carbons (Fsp3) is 0.261. The van der Waals surface area contributed by atoms with E-state index in [4.69, 9.17) is 9.47 Å². The van der Waals surface area contributed by atoms with Gasteiger partial charge in [0.2, 0.25) is 0 Å². The number of ketones is 1. The first-order valence-corrected chi connectivity index (χ1v) is 10.9. The molecule has 1 aliphatic rings. The molecule has 0 fully saturated rings. The Kier molecular flexibility index (Phi) is 4.86. The maximum Gasteiger partial charge on any atom is 0.262 e. The van der Waals surface area contributed by atoms with Crippen LogP contribution in [0.5, 0.6) is 11.5 Å². The number of hydrogen-bond donors (Lipinski definition) is 0. The van der Waals surface area contributed by atoms with Crippen LogP contribution < -0.4 is 15.0 Å². The first-order chi connectivity index (χ1) is 15.0. The van der Waals surface area contributed by atoms with Crippen molar-refractivity contribution in [2.45, 2.75) is 33.0 Å². The van der Waals surface area contributed by atoms with Gasteiger partial charge in [0.05, 0.1) is 24.8 Å². The number of aromatic nitrogens is 3. The minimum absolute atomic E-state index is 0.0433. The summed E-state index contributed by atoms with van der Waals surface area (Å²) in [4.78, 5) is 30.6. The topological polar surface area (TPSA) is 75.4 Å². The smallest absolute Gasteiger partial charge is 0.262 e. The van der Waals surface area contributed by atoms with E-state index >= 15 is 0 Å². The summed E-state index contributed by atoms with van der Waals surface area (Å²) in [6.45, 7) is 4.85. The second-order valence-electron chi connectivity index (χ2n) is 7.63. The quantitative estimate of drug-likeness (QED) is 0.448. The molecule has 0 aliphatic carbocycles. The molecule has 3 aromatic heterocycles. The van der Waals surface area contributed by atoms with Crippen molar-refractivity contribution < 1.29 is 14.3 Å². The number of hydrogen-bond acceptors (Lipinski definition) is 6. The number of carbonyl (C=O) groups is 1. The molecule has 0 bridgehead atoms. The van der Waals surface area contributed by atoms with Crippen LogP contribution in [0.2, 0.25) is 0 Å². The van der Waals surface area contributed by atoms with Crippen LogP contribution in [0.4, 0.5) is 0 Å². The van der Waals surface area contributed by atoms with Crippen LogP contribution in [-0.4, -0.2) is 32.6 Å². The summed E-state index contributed by atoms with van der Waals surface area (Å²) in [5.41, 5.74) is 2.22. The van der Waals surface area contributed by atoms with Crippen LogP contribution in [0.3, 0.4) is 0 Å². The van der Waals surface area contributed by atoms with Gasteiger partial charge in [-0.05, 0) is 43.5 Å². The third-order valence-electron chi connectivity index (χ3n) is 5.59. The molecule has 0 amide bonds. The fourth-order valence-electron chi connectivity index (χ4n) is 3.97. The number of thiophene rings is 1. The Balaban J connectivity index is 1.36. The highest BCUT2D eigenvalue weighted by molar-refractivity contribution is 7.16. The number of para-hydroxylation sites is 2. The lowest BCUT2D eigenvalue weighted by molar-refractivity contribution is 0.0777. The average Bonchev–Trinajstić information content (AvgIpc) is 3.36. The minimum atomic E-state index is -0.195. The average molecular weight is 436 g/mol. The highest BCUT2D eigenvalue weighted by Gasteiger charge is 2.24. The molecule has 4 heterocycles. The van der Waals surface area contributed by atoms with E-state index < -0.39 is 0 Å². The van der Waals surface area contributed by atoms with E-state index in [-0.39, 0.29) is 24.0 Å². The van der Waals surface area contributed by atoms with E-state index in [1.807, 2.05) is 49.6 Å². The molecule has 4 aromatic rings. The maximum absolute atomic E-state index is 13.0. The van der Waals surface area contributed by atoms with Gasteiger partial charge in [-0.3, -0.25) is 14.2 Å². The first-order valence-electron chi connectivity index (χ1n) is 10.0. The molecule has 1 aromatic carbocycles. The molecule has 0 saturated heterocycles. The molecule has 0 N–H and O–H groups in total. The van der Waals surface area contributed by atoms with Crippen LogP contribution in [-0.2, 0) is 13.1 Å². The number of carbonyl (C=O) groups excluding carboxylic acids is 1. The van der Waals surface area contributed by atoms with Gasteiger partial charge in [-0.2, -0.15) is 0 Å². The Bertz CT molecular complexity index is 1350. The van der Waals surface area contributed by atoms with Gasteiger partial charge >= 0.3 is 0 Å². The highest BCUT2D eigenvalue weighted by Crippen LogP contribution is 2.31. The zero-order valence-electron chi connectivity index (χ0n) is 17.2. The van der Waals surface area contributed by atoms with Gasteiger partial charge in [0.25, 0.3) is 5.56 Å². The summed E-state index contributed by atoms with van der Waals surface area (Å²) in [6.07, 6.45) is 1.29. The maximum atomic E-state index is 13.0. The van der Waals surface area contributed by atoms with E-state index in [0.717, 1.165) is 22.9 Å². The van der Waals surface area contributed by atoms with Crippen molar-refractivity contribution >= 4 is 27.3 Å². The summed E-state index contributed by atoms with van der Waals surface area (Å²) in [7, 11) is 0. The second kappa shape index (κ2) is 7.70. The lowest BCUT2D eigenvalue weighted by Gasteiger charge is -2.27. The minimum Gasteiger partial charge on any atom is -0.486 e. The summed E-state index contributed by atoms with van der Waals surface area (Å²) in [6, 6.07) is 11.2. The van der Waals surface area contributed by atoms with Crippen LogP contribution >= 0.6 is 11.3 Å². The second-order valence-corrected chi connectivity index (χ2v) is 8.53. The van der Waals surface area contributed by atoms with Crippen LogP contribution in [0.1, 0.15) is 21.7 Å². The van der Waals surface area contributed by atoms with E-state index in [0.29, 0.717) is 28.9 Å². The largest absolute Gasteiger partial charge is 0.486 e.